The minimum absolute atomic E-state index is 0.189. The van der Waals surface area contributed by atoms with E-state index in [-0.39, 0.29) is 6.04 Å². The number of likely N-dealkylation sites (tertiary alicyclic amines) is 1. The van der Waals surface area contributed by atoms with Crippen LogP contribution in [0.4, 0.5) is 0 Å². The van der Waals surface area contributed by atoms with Gasteiger partial charge in [-0.1, -0.05) is 55.4 Å². The van der Waals surface area contributed by atoms with Gasteiger partial charge in [0.1, 0.15) is 5.78 Å². The molecule has 2 unspecified atom stereocenters. The molecule has 2 rings (SSSR count). The van der Waals surface area contributed by atoms with Gasteiger partial charge in [-0.3, -0.25) is 9.69 Å². The maximum absolute atomic E-state index is 11.5. The Morgan fingerprint density at radius 3 is 1.60 bits per heavy atom. The Balaban J connectivity index is 0. The predicted octanol–water partition coefficient (Wildman–Crippen LogP) is 5.16. The van der Waals surface area contributed by atoms with E-state index in [4.69, 9.17) is 0 Å². The molecule has 2 heteroatoms. The van der Waals surface area contributed by atoms with Crippen molar-refractivity contribution in [3.63, 3.8) is 0 Å². The van der Waals surface area contributed by atoms with Gasteiger partial charge in [-0.05, 0) is 44.1 Å². The Kier molecular flexibility index (Phi) is 10.5. The highest BCUT2D eigenvalue weighted by atomic mass is 16.1. The molecule has 0 aromatic carbocycles. The van der Waals surface area contributed by atoms with Crippen molar-refractivity contribution in [1.29, 1.82) is 0 Å². The molecule has 1 aliphatic carbocycles. The Morgan fingerprint density at radius 2 is 1.45 bits per heavy atom. The van der Waals surface area contributed by atoms with Gasteiger partial charge in [-0.2, -0.15) is 0 Å². The summed E-state index contributed by atoms with van der Waals surface area (Å²) in [6, 6.07) is 0.189. The molecule has 1 aliphatic heterocycles. The van der Waals surface area contributed by atoms with Gasteiger partial charge in [0.05, 0.1) is 6.04 Å². The van der Waals surface area contributed by atoms with E-state index in [1.807, 2.05) is 41.5 Å². The number of carbonyl (C=O) groups is 1. The largest absolute Gasteiger partial charge is 0.298 e. The van der Waals surface area contributed by atoms with Gasteiger partial charge in [0.25, 0.3) is 0 Å². The summed E-state index contributed by atoms with van der Waals surface area (Å²) in [4.78, 5) is 13.7. The number of hydrogen-bond donors (Lipinski definition) is 0. The van der Waals surface area contributed by atoms with Crippen molar-refractivity contribution in [3.05, 3.63) is 0 Å². The number of ketones is 1. The third kappa shape index (κ3) is 4.31. The van der Waals surface area contributed by atoms with Crippen molar-refractivity contribution in [2.75, 3.05) is 13.6 Å². The average molecular weight is 286 g/mol. The summed E-state index contributed by atoms with van der Waals surface area (Å²) in [6.07, 6.45) is 3.73. The van der Waals surface area contributed by atoms with Crippen LogP contribution in [0.5, 0.6) is 0 Å². The SMILES string of the molecule is CC.CC.CC.CC(=O)C1CC2(CCC2(C)C)CN1C. The summed E-state index contributed by atoms with van der Waals surface area (Å²) < 4.78 is 0. The lowest BCUT2D eigenvalue weighted by molar-refractivity contribution is -0.121. The van der Waals surface area contributed by atoms with Crippen LogP contribution in [0, 0.1) is 10.8 Å². The molecule has 20 heavy (non-hydrogen) atoms. The van der Waals surface area contributed by atoms with Crippen LogP contribution in [-0.2, 0) is 4.79 Å². The molecule has 2 aliphatic rings. The maximum atomic E-state index is 11.5. The van der Waals surface area contributed by atoms with Crippen LogP contribution in [0.1, 0.15) is 81.6 Å². The molecular formula is C18H39NO. The molecule has 1 heterocycles. The van der Waals surface area contributed by atoms with Gasteiger partial charge in [0.15, 0.2) is 0 Å². The predicted molar refractivity (Wildman–Crippen MR) is 91.2 cm³/mol. The molecule has 0 bridgehead atoms. The first-order valence-corrected chi connectivity index (χ1v) is 8.59. The molecule has 1 saturated carbocycles. The summed E-state index contributed by atoms with van der Waals surface area (Å²) in [7, 11) is 2.09. The summed E-state index contributed by atoms with van der Waals surface area (Å²) >= 11 is 0. The van der Waals surface area contributed by atoms with Gasteiger partial charge >= 0.3 is 0 Å². The summed E-state index contributed by atoms with van der Waals surface area (Å²) in [5, 5.41) is 0. The highest BCUT2D eigenvalue weighted by molar-refractivity contribution is 5.81. The van der Waals surface area contributed by atoms with Gasteiger partial charge in [0.2, 0.25) is 0 Å². The lowest BCUT2D eigenvalue weighted by Crippen LogP contribution is -2.48. The number of carbonyl (C=O) groups excluding carboxylic acids is 1. The molecule has 2 atom stereocenters. The average Bonchev–Trinajstić information content (AvgIpc) is 2.85. The second kappa shape index (κ2) is 9.55. The van der Waals surface area contributed by atoms with E-state index in [9.17, 15) is 4.79 Å². The van der Waals surface area contributed by atoms with Crippen LogP contribution >= 0.6 is 0 Å². The Bertz CT molecular complexity index is 273. The zero-order valence-corrected chi connectivity index (χ0v) is 15.8. The van der Waals surface area contributed by atoms with Crippen LogP contribution in [0.15, 0.2) is 0 Å². The number of likely N-dealkylation sites (N-methyl/N-ethyl adjacent to an activating group) is 1. The fraction of sp³-hybridized carbons (Fsp3) is 0.944. The van der Waals surface area contributed by atoms with Crippen molar-refractivity contribution in [2.24, 2.45) is 10.8 Å². The number of Topliss-reactive ketones (excluding diaryl/α,β-unsaturated/α-hetero) is 1. The van der Waals surface area contributed by atoms with Crippen molar-refractivity contribution in [2.45, 2.75) is 87.6 Å². The van der Waals surface area contributed by atoms with E-state index in [0.29, 0.717) is 16.6 Å². The van der Waals surface area contributed by atoms with Crippen molar-refractivity contribution >= 4 is 5.78 Å². The lowest BCUT2D eigenvalue weighted by Gasteiger charge is -2.54. The molecule has 1 spiro atoms. The molecule has 0 N–H and O–H groups in total. The second-order valence-electron chi connectivity index (χ2n) is 5.91. The van der Waals surface area contributed by atoms with E-state index in [0.717, 1.165) is 13.0 Å². The van der Waals surface area contributed by atoms with Crippen LogP contribution in [0.25, 0.3) is 0 Å². The third-order valence-electron chi connectivity index (χ3n) is 4.80. The number of hydrogen-bond acceptors (Lipinski definition) is 2. The fourth-order valence-electron chi connectivity index (χ4n) is 3.28. The van der Waals surface area contributed by atoms with Gasteiger partial charge in [0, 0.05) is 6.54 Å². The normalized spacial score (nSPS) is 29.8. The zero-order chi connectivity index (χ0) is 16.6. The third-order valence-corrected chi connectivity index (χ3v) is 4.80. The first kappa shape index (κ1) is 21.9. The lowest BCUT2D eigenvalue weighted by atomic mass is 9.50. The van der Waals surface area contributed by atoms with E-state index in [2.05, 4.69) is 25.8 Å². The molecule has 0 amide bonds. The van der Waals surface area contributed by atoms with Crippen LogP contribution in [-0.4, -0.2) is 30.3 Å². The van der Waals surface area contributed by atoms with E-state index >= 15 is 0 Å². The molecule has 2 fully saturated rings. The standard InChI is InChI=1S/C12H21NO.3C2H6/c1-9(14)10-7-12(8-13(10)4)6-5-11(12,2)3;3*1-2/h10H,5-8H2,1-4H3;3*1-2H3. The maximum Gasteiger partial charge on any atom is 0.146 e. The molecule has 0 aromatic rings. The first-order valence-electron chi connectivity index (χ1n) is 8.59. The summed E-state index contributed by atoms with van der Waals surface area (Å²) in [6.45, 7) is 19.6. The zero-order valence-electron chi connectivity index (χ0n) is 15.8. The van der Waals surface area contributed by atoms with E-state index in [1.54, 1.807) is 6.92 Å². The highest BCUT2D eigenvalue weighted by Crippen LogP contribution is 2.61. The fourth-order valence-corrected chi connectivity index (χ4v) is 3.28. The second-order valence-corrected chi connectivity index (χ2v) is 5.91. The molecule has 122 valence electrons. The van der Waals surface area contributed by atoms with Crippen molar-refractivity contribution < 1.29 is 4.79 Å². The minimum Gasteiger partial charge on any atom is -0.298 e. The van der Waals surface area contributed by atoms with E-state index in [1.165, 1.54) is 12.8 Å². The topological polar surface area (TPSA) is 20.3 Å². The van der Waals surface area contributed by atoms with Crippen LogP contribution < -0.4 is 0 Å². The molecule has 0 radical (unpaired) electrons. The van der Waals surface area contributed by atoms with Gasteiger partial charge < -0.3 is 0 Å². The molecular weight excluding hydrogens is 246 g/mol. The smallest absolute Gasteiger partial charge is 0.146 e. The molecule has 1 saturated heterocycles. The highest BCUT2D eigenvalue weighted by Gasteiger charge is 2.58. The Hall–Kier alpha value is -0.370. The van der Waals surface area contributed by atoms with Gasteiger partial charge in [-0.25, -0.2) is 0 Å². The van der Waals surface area contributed by atoms with Crippen LogP contribution in [0.3, 0.4) is 0 Å². The van der Waals surface area contributed by atoms with Crippen molar-refractivity contribution in [1.82, 2.24) is 4.90 Å². The van der Waals surface area contributed by atoms with Gasteiger partial charge in [-0.15, -0.1) is 0 Å². The first-order chi connectivity index (χ1) is 9.38. The van der Waals surface area contributed by atoms with E-state index < -0.39 is 0 Å². The van der Waals surface area contributed by atoms with Crippen molar-refractivity contribution in [3.8, 4) is 0 Å². The Labute approximate surface area is 128 Å². The number of rotatable bonds is 1. The number of nitrogens with zero attached hydrogens (tertiary/aromatic N) is 1. The minimum atomic E-state index is 0.189. The molecule has 2 nitrogen and oxygen atoms in total. The summed E-state index contributed by atoms with van der Waals surface area (Å²) in [5.41, 5.74) is 0.892. The quantitative estimate of drug-likeness (QED) is 0.663. The van der Waals surface area contributed by atoms with Crippen LogP contribution in [0.2, 0.25) is 0 Å². The monoisotopic (exact) mass is 285 g/mol. The summed E-state index contributed by atoms with van der Waals surface area (Å²) in [5.74, 6) is 0.340. The Morgan fingerprint density at radius 1 is 1.00 bits per heavy atom. The molecule has 0 aromatic heterocycles.